The number of carbonyl (C=O) groups excluding carboxylic acids is 1. The fourth-order valence-electron chi connectivity index (χ4n) is 3.76. The van der Waals surface area contributed by atoms with Crippen molar-refractivity contribution in [3.05, 3.63) is 24.3 Å². The van der Waals surface area contributed by atoms with Crippen LogP contribution >= 0.6 is 0 Å². The summed E-state index contributed by atoms with van der Waals surface area (Å²) < 4.78 is 5.77. The van der Waals surface area contributed by atoms with Crippen molar-refractivity contribution in [2.24, 2.45) is 0 Å². The molecule has 2 N–H and O–H groups in total. The van der Waals surface area contributed by atoms with E-state index in [0.717, 1.165) is 30.8 Å². The van der Waals surface area contributed by atoms with Gasteiger partial charge in [-0.15, -0.1) is 0 Å². The van der Waals surface area contributed by atoms with E-state index in [1.807, 2.05) is 24.3 Å². The van der Waals surface area contributed by atoms with Gasteiger partial charge in [0, 0.05) is 12.2 Å². The van der Waals surface area contributed by atoms with E-state index < -0.39 is 0 Å². The van der Waals surface area contributed by atoms with Crippen molar-refractivity contribution in [3.8, 4) is 5.75 Å². The zero-order valence-corrected chi connectivity index (χ0v) is 21.2. The first-order valence-electron chi connectivity index (χ1n) is 13.4. The van der Waals surface area contributed by atoms with Gasteiger partial charge in [-0.2, -0.15) is 0 Å². The van der Waals surface area contributed by atoms with Gasteiger partial charge < -0.3 is 15.4 Å². The summed E-state index contributed by atoms with van der Waals surface area (Å²) in [5, 5.41) is 6.19. The average molecular weight is 447 g/mol. The van der Waals surface area contributed by atoms with Crippen molar-refractivity contribution in [1.82, 2.24) is 5.32 Å². The van der Waals surface area contributed by atoms with E-state index in [4.69, 9.17) is 4.74 Å². The number of ether oxygens (including phenoxy) is 1. The third-order valence-corrected chi connectivity index (χ3v) is 6.07. The molecule has 1 aromatic rings. The van der Waals surface area contributed by atoms with Crippen molar-refractivity contribution >= 4 is 11.6 Å². The predicted octanol–water partition coefficient (Wildman–Crippen LogP) is 7.87. The molecule has 0 aliphatic rings. The highest BCUT2D eigenvalue weighted by Gasteiger charge is 2.03. The first-order valence-corrected chi connectivity index (χ1v) is 13.4. The predicted molar refractivity (Wildman–Crippen MR) is 139 cm³/mol. The highest BCUT2D eigenvalue weighted by Crippen LogP contribution is 2.17. The standard InChI is InChI=1S/C28H50N2O2/c1-4-6-7-8-9-10-11-12-13-14-15-16-17-18-23-29-28(31)24-30-26-19-21-27(22-20-26)32-25(3)5-2/h19-22,25,30H,4-18,23-24H2,1-3H3,(H,29,31). The monoisotopic (exact) mass is 446 g/mol. The maximum absolute atomic E-state index is 12.0. The topological polar surface area (TPSA) is 50.4 Å². The lowest BCUT2D eigenvalue weighted by atomic mass is 10.0. The van der Waals surface area contributed by atoms with Crippen LogP contribution in [-0.4, -0.2) is 25.1 Å². The van der Waals surface area contributed by atoms with Gasteiger partial charge in [0.1, 0.15) is 5.75 Å². The molecule has 32 heavy (non-hydrogen) atoms. The first kappa shape index (κ1) is 28.3. The molecule has 0 spiro atoms. The Labute approximate surface area is 198 Å². The van der Waals surface area contributed by atoms with Crippen LogP contribution in [0, 0.1) is 0 Å². The van der Waals surface area contributed by atoms with E-state index in [1.165, 1.54) is 83.5 Å². The number of nitrogens with one attached hydrogen (secondary N) is 2. The maximum Gasteiger partial charge on any atom is 0.239 e. The zero-order valence-electron chi connectivity index (χ0n) is 21.2. The molecule has 1 aromatic carbocycles. The van der Waals surface area contributed by atoms with E-state index in [2.05, 4.69) is 31.4 Å². The quantitative estimate of drug-likeness (QED) is 0.189. The second-order valence-corrected chi connectivity index (χ2v) is 9.16. The van der Waals surface area contributed by atoms with E-state index in [1.54, 1.807) is 0 Å². The van der Waals surface area contributed by atoms with E-state index in [9.17, 15) is 4.79 Å². The largest absolute Gasteiger partial charge is 0.491 e. The van der Waals surface area contributed by atoms with Crippen LogP contribution in [0.5, 0.6) is 5.75 Å². The Balaban J connectivity index is 1.89. The number of unbranched alkanes of at least 4 members (excludes halogenated alkanes) is 13. The van der Waals surface area contributed by atoms with Gasteiger partial charge in [0.05, 0.1) is 12.6 Å². The molecule has 4 nitrogen and oxygen atoms in total. The molecule has 1 unspecified atom stereocenters. The molecule has 1 amide bonds. The van der Waals surface area contributed by atoms with Crippen molar-refractivity contribution in [3.63, 3.8) is 0 Å². The van der Waals surface area contributed by atoms with Crippen molar-refractivity contribution in [2.45, 2.75) is 123 Å². The molecule has 0 aliphatic heterocycles. The maximum atomic E-state index is 12.0. The Hall–Kier alpha value is -1.71. The molecular formula is C28H50N2O2. The molecule has 184 valence electrons. The summed E-state index contributed by atoms with van der Waals surface area (Å²) in [5.74, 6) is 0.923. The normalized spacial score (nSPS) is 11.8. The van der Waals surface area contributed by atoms with Gasteiger partial charge in [0.2, 0.25) is 5.91 Å². The van der Waals surface area contributed by atoms with Crippen LogP contribution in [0.1, 0.15) is 117 Å². The molecule has 1 rings (SSSR count). The Morgan fingerprint density at radius 1 is 0.781 bits per heavy atom. The molecule has 0 heterocycles. The molecule has 0 radical (unpaired) electrons. The molecule has 0 bridgehead atoms. The van der Waals surface area contributed by atoms with Gasteiger partial charge in [-0.1, -0.05) is 97.3 Å². The fraction of sp³-hybridized carbons (Fsp3) is 0.750. The number of anilines is 1. The van der Waals surface area contributed by atoms with E-state index in [0.29, 0.717) is 6.54 Å². The summed E-state index contributed by atoms with van der Waals surface area (Å²) in [6, 6.07) is 7.80. The van der Waals surface area contributed by atoms with Gasteiger partial charge in [0.25, 0.3) is 0 Å². The van der Waals surface area contributed by atoms with Gasteiger partial charge in [-0.05, 0) is 44.0 Å². The minimum Gasteiger partial charge on any atom is -0.491 e. The van der Waals surface area contributed by atoms with Crippen LogP contribution in [0.2, 0.25) is 0 Å². The highest BCUT2D eigenvalue weighted by molar-refractivity contribution is 5.80. The smallest absolute Gasteiger partial charge is 0.239 e. The molecule has 0 saturated heterocycles. The first-order chi connectivity index (χ1) is 15.7. The van der Waals surface area contributed by atoms with Crippen LogP contribution in [0.25, 0.3) is 0 Å². The minimum atomic E-state index is 0.0552. The van der Waals surface area contributed by atoms with Crippen LogP contribution in [-0.2, 0) is 4.79 Å². The second-order valence-electron chi connectivity index (χ2n) is 9.16. The zero-order chi connectivity index (χ0) is 23.3. The Kier molecular flexibility index (Phi) is 17.6. The van der Waals surface area contributed by atoms with Crippen molar-refractivity contribution in [2.75, 3.05) is 18.4 Å². The van der Waals surface area contributed by atoms with Crippen molar-refractivity contribution in [1.29, 1.82) is 0 Å². The van der Waals surface area contributed by atoms with E-state index in [-0.39, 0.29) is 12.0 Å². The summed E-state index contributed by atoms with van der Waals surface area (Å²) in [6.45, 7) is 7.54. The molecular weight excluding hydrogens is 396 g/mol. The summed E-state index contributed by atoms with van der Waals surface area (Å²) >= 11 is 0. The summed E-state index contributed by atoms with van der Waals surface area (Å²) in [4.78, 5) is 12.0. The summed E-state index contributed by atoms with van der Waals surface area (Å²) in [6.07, 6.45) is 20.2. The van der Waals surface area contributed by atoms with Gasteiger partial charge >= 0.3 is 0 Å². The second kappa shape index (κ2) is 19.9. The Morgan fingerprint density at radius 3 is 1.78 bits per heavy atom. The third-order valence-electron chi connectivity index (χ3n) is 6.07. The SMILES string of the molecule is CCCCCCCCCCCCCCCCNC(=O)CNc1ccc(OC(C)CC)cc1. The van der Waals surface area contributed by atoms with E-state index >= 15 is 0 Å². The summed E-state index contributed by atoms with van der Waals surface area (Å²) in [7, 11) is 0. The average Bonchev–Trinajstić information content (AvgIpc) is 2.81. The summed E-state index contributed by atoms with van der Waals surface area (Å²) in [5.41, 5.74) is 0.938. The minimum absolute atomic E-state index is 0.0552. The lowest BCUT2D eigenvalue weighted by molar-refractivity contribution is -0.119. The lowest BCUT2D eigenvalue weighted by Gasteiger charge is -2.13. The van der Waals surface area contributed by atoms with Crippen LogP contribution in [0.4, 0.5) is 5.69 Å². The van der Waals surface area contributed by atoms with Crippen molar-refractivity contribution < 1.29 is 9.53 Å². The molecule has 0 aliphatic carbocycles. The molecule has 0 aromatic heterocycles. The fourth-order valence-corrected chi connectivity index (χ4v) is 3.76. The van der Waals surface area contributed by atoms with Crippen LogP contribution in [0.3, 0.4) is 0 Å². The van der Waals surface area contributed by atoms with Crippen LogP contribution in [0.15, 0.2) is 24.3 Å². The molecule has 1 atom stereocenters. The van der Waals surface area contributed by atoms with Gasteiger partial charge in [-0.25, -0.2) is 0 Å². The lowest BCUT2D eigenvalue weighted by Crippen LogP contribution is -2.30. The number of carbonyl (C=O) groups is 1. The number of benzene rings is 1. The Bertz CT molecular complexity index is 559. The van der Waals surface area contributed by atoms with Crippen LogP contribution < -0.4 is 15.4 Å². The molecule has 0 saturated carbocycles. The Morgan fingerprint density at radius 2 is 1.28 bits per heavy atom. The van der Waals surface area contributed by atoms with Gasteiger partial charge in [0.15, 0.2) is 0 Å². The number of hydrogen-bond donors (Lipinski definition) is 2. The number of amides is 1. The number of hydrogen-bond acceptors (Lipinski definition) is 3. The molecule has 0 fully saturated rings. The third kappa shape index (κ3) is 16.0. The van der Waals surface area contributed by atoms with Gasteiger partial charge in [-0.3, -0.25) is 4.79 Å². The highest BCUT2D eigenvalue weighted by atomic mass is 16.5. The molecule has 4 heteroatoms. The number of rotatable bonds is 21.